The first-order valence-corrected chi connectivity index (χ1v) is 11.8. The molecule has 1 atom stereocenters. The molecular formula is C21H26N2O6S. The third-order valence-corrected chi connectivity index (χ3v) is 6.85. The molecule has 0 aliphatic carbocycles. The Morgan fingerprint density at radius 3 is 2.63 bits per heavy atom. The highest BCUT2D eigenvalue weighted by Crippen LogP contribution is 2.21. The standard InChI is InChI=1S/C21H26N2O6S/c1-3-23(17-10-11-30(26,27)14-17)20(24)13-28-21(25)9-8-19-22-12-18(29-19)16-6-4-15(2)5-7-16/h4-7,12,17H,3,8-11,13-14H2,1-2H3. The van der Waals surface area contributed by atoms with Gasteiger partial charge in [0.25, 0.3) is 5.91 Å². The van der Waals surface area contributed by atoms with Gasteiger partial charge in [-0.3, -0.25) is 9.59 Å². The summed E-state index contributed by atoms with van der Waals surface area (Å²) < 4.78 is 34.0. The van der Waals surface area contributed by atoms with Crippen molar-refractivity contribution in [3.63, 3.8) is 0 Å². The molecule has 30 heavy (non-hydrogen) atoms. The Bertz CT molecular complexity index is 997. The molecule has 1 fully saturated rings. The van der Waals surface area contributed by atoms with Crippen LogP contribution in [0.15, 0.2) is 34.9 Å². The number of aryl methyl sites for hydroxylation is 2. The Labute approximate surface area is 176 Å². The van der Waals surface area contributed by atoms with Crippen LogP contribution in [0.25, 0.3) is 11.3 Å². The fourth-order valence-corrected chi connectivity index (χ4v) is 5.17. The second kappa shape index (κ2) is 9.42. The van der Waals surface area contributed by atoms with Gasteiger partial charge in [-0.15, -0.1) is 0 Å². The van der Waals surface area contributed by atoms with Crippen molar-refractivity contribution in [2.24, 2.45) is 0 Å². The van der Waals surface area contributed by atoms with Crippen LogP contribution in [0.3, 0.4) is 0 Å². The maximum Gasteiger partial charge on any atom is 0.306 e. The number of likely N-dealkylation sites (N-methyl/N-ethyl adjacent to an activating group) is 1. The van der Waals surface area contributed by atoms with E-state index in [4.69, 9.17) is 9.15 Å². The third-order valence-electron chi connectivity index (χ3n) is 5.10. The number of oxazole rings is 1. The van der Waals surface area contributed by atoms with E-state index in [0.717, 1.165) is 11.1 Å². The Kier molecular flexibility index (Phi) is 6.91. The molecule has 0 bridgehead atoms. The predicted molar refractivity (Wildman–Crippen MR) is 110 cm³/mol. The minimum atomic E-state index is -3.09. The third kappa shape index (κ3) is 5.69. The number of esters is 1. The topological polar surface area (TPSA) is 107 Å². The number of sulfone groups is 1. The van der Waals surface area contributed by atoms with Gasteiger partial charge in [0.2, 0.25) is 0 Å². The zero-order chi connectivity index (χ0) is 21.7. The summed E-state index contributed by atoms with van der Waals surface area (Å²) in [5, 5.41) is 0. The van der Waals surface area contributed by atoms with Crippen LogP contribution in [0.1, 0.15) is 31.2 Å². The van der Waals surface area contributed by atoms with E-state index in [0.29, 0.717) is 24.6 Å². The first kappa shape index (κ1) is 22.0. The average Bonchev–Trinajstić information content (AvgIpc) is 3.32. The van der Waals surface area contributed by atoms with Gasteiger partial charge < -0.3 is 14.1 Å². The number of ether oxygens (including phenoxy) is 1. The number of nitrogens with zero attached hydrogens (tertiary/aromatic N) is 2. The normalized spacial score (nSPS) is 17.6. The van der Waals surface area contributed by atoms with Crippen molar-refractivity contribution in [1.82, 2.24) is 9.88 Å². The number of hydrogen-bond donors (Lipinski definition) is 0. The first-order valence-electron chi connectivity index (χ1n) is 9.94. The second-order valence-electron chi connectivity index (χ2n) is 7.38. The van der Waals surface area contributed by atoms with Gasteiger partial charge in [-0.1, -0.05) is 29.8 Å². The summed E-state index contributed by atoms with van der Waals surface area (Å²) >= 11 is 0. The molecule has 2 heterocycles. The van der Waals surface area contributed by atoms with E-state index in [1.807, 2.05) is 31.2 Å². The fourth-order valence-electron chi connectivity index (χ4n) is 3.44. The molecule has 1 aliphatic heterocycles. The molecule has 1 saturated heterocycles. The average molecular weight is 435 g/mol. The molecule has 1 aromatic carbocycles. The monoisotopic (exact) mass is 434 g/mol. The summed E-state index contributed by atoms with van der Waals surface area (Å²) in [6, 6.07) is 7.49. The molecule has 2 aromatic rings. The summed E-state index contributed by atoms with van der Waals surface area (Å²) in [4.78, 5) is 30.0. The smallest absolute Gasteiger partial charge is 0.306 e. The van der Waals surface area contributed by atoms with Gasteiger partial charge in [-0.2, -0.15) is 0 Å². The van der Waals surface area contributed by atoms with E-state index in [9.17, 15) is 18.0 Å². The lowest BCUT2D eigenvalue weighted by molar-refractivity contribution is -0.152. The van der Waals surface area contributed by atoms with E-state index < -0.39 is 22.4 Å². The number of benzene rings is 1. The van der Waals surface area contributed by atoms with Crippen LogP contribution in [0, 0.1) is 6.92 Å². The van der Waals surface area contributed by atoms with Crippen molar-refractivity contribution in [2.75, 3.05) is 24.7 Å². The van der Waals surface area contributed by atoms with Crippen LogP contribution in [0.4, 0.5) is 0 Å². The van der Waals surface area contributed by atoms with Crippen LogP contribution in [0.2, 0.25) is 0 Å². The largest absolute Gasteiger partial charge is 0.456 e. The van der Waals surface area contributed by atoms with Gasteiger partial charge in [-0.05, 0) is 20.3 Å². The van der Waals surface area contributed by atoms with Crippen LogP contribution < -0.4 is 0 Å². The van der Waals surface area contributed by atoms with Gasteiger partial charge in [0.15, 0.2) is 28.1 Å². The summed E-state index contributed by atoms with van der Waals surface area (Å²) in [7, 11) is -3.09. The molecule has 1 aliphatic rings. The van der Waals surface area contributed by atoms with Gasteiger partial charge >= 0.3 is 5.97 Å². The highest BCUT2D eigenvalue weighted by atomic mass is 32.2. The van der Waals surface area contributed by atoms with Crippen molar-refractivity contribution in [1.29, 1.82) is 0 Å². The molecule has 1 aromatic heterocycles. The maximum atomic E-state index is 12.4. The predicted octanol–water partition coefficient (Wildman–Crippen LogP) is 2.16. The zero-order valence-corrected chi connectivity index (χ0v) is 18.0. The number of hydrogen-bond acceptors (Lipinski definition) is 7. The molecule has 1 unspecified atom stereocenters. The molecule has 162 valence electrons. The molecule has 8 nitrogen and oxygen atoms in total. The number of carbonyl (C=O) groups excluding carboxylic acids is 2. The Morgan fingerprint density at radius 2 is 2.00 bits per heavy atom. The minimum absolute atomic E-state index is 0.0328. The Hall–Kier alpha value is -2.68. The molecule has 0 radical (unpaired) electrons. The summed E-state index contributed by atoms with van der Waals surface area (Å²) in [5.74, 6) is 0.175. The first-order chi connectivity index (χ1) is 14.3. The van der Waals surface area contributed by atoms with Crippen LogP contribution >= 0.6 is 0 Å². The highest BCUT2D eigenvalue weighted by molar-refractivity contribution is 7.91. The van der Waals surface area contributed by atoms with Crippen molar-refractivity contribution < 1.29 is 27.2 Å². The van der Waals surface area contributed by atoms with Crippen molar-refractivity contribution >= 4 is 21.7 Å². The summed E-state index contributed by atoms with van der Waals surface area (Å²) in [6.45, 7) is 3.75. The lowest BCUT2D eigenvalue weighted by Gasteiger charge is -2.26. The lowest BCUT2D eigenvalue weighted by atomic mass is 10.1. The molecule has 0 N–H and O–H groups in total. The minimum Gasteiger partial charge on any atom is -0.456 e. The highest BCUT2D eigenvalue weighted by Gasteiger charge is 2.34. The van der Waals surface area contributed by atoms with E-state index in [-0.39, 0.29) is 36.3 Å². The Morgan fingerprint density at radius 1 is 1.27 bits per heavy atom. The molecule has 1 amide bonds. The molecule has 0 spiro atoms. The quantitative estimate of drug-likeness (QED) is 0.586. The van der Waals surface area contributed by atoms with Crippen molar-refractivity contribution in [3.05, 3.63) is 41.9 Å². The fraction of sp³-hybridized carbons (Fsp3) is 0.476. The van der Waals surface area contributed by atoms with E-state index in [1.54, 1.807) is 13.1 Å². The van der Waals surface area contributed by atoms with Crippen LogP contribution in [-0.2, 0) is 30.6 Å². The van der Waals surface area contributed by atoms with Gasteiger partial charge in [0.1, 0.15) is 0 Å². The number of amides is 1. The van der Waals surface area contributed by atoms with Gasteiger partial charge in [-0.25, -0.2) is 13.4 Å². The van der Waals surface area contributed by atoms with Crippen molar-refractivity contribution in [3.8, 4) is 11.3 Å². The SMILES string of the molecule is CCN(C(=O)COC(=O)CCc1ncc(-c2ccc(C)cc2)o1)C1CCS(=O)(=O)C1. The van der Waals surface area contributed by atoms with Crippen molar-refractivity contribution in [2.45, 2.75) is 39.2 Å². The molecule has 3 rings (SSSR count). The summed E-state index contributed by atoms with van der Waals surface area (Å²) in [5.41, 5.74) is 2.05. The number of carbonyl (C=O) groups is 2. The second-order valence-corrected chi connectivity index (χ2v) is 9.61. The summed E-state index contributed by atoms with van der Waals surface area (Å²) in [6.07, 6.45) is 2.33. The van der Waals surface area contributed by atoms with E-state index >= 15 is 0 Å². The van der Waals surface area contributed by atoms with E-state index in [2.05, 4.69) is 4.98 Å². The number of rotatable bonds is 8. The lowest BCUT2D eigenvalue weighted by Crippen LogP contribution is -2.43. The molecule has 9 heteroatoms. The van der Waals surface area contributed by atoms with Crippen LogP contribution in [-0.4, -0.2) is 60.9 Å². The van der Waals surface area contributed by atoms with E-state index in [1.165, 1.54) is 4.90 Å². The Balaban J connectivity index is 1.45. The van der Waals surface area contributed by atoms with Gasteiger partial charge in [0, 0.05) is 24.6 Å². The van der Waals surface area contributed by atoms with Gasteiger partial charge in [0.05, 0.1) is 24.1 Å². The zero-order valence-electron chi connectivity index (χ0n) is 17.2. The molecule has 0 saturated carbocycles. The van der Waals surface area contributed by atoms with Crippen LogP contribution in [0.5, 0.6) is 0 Å². The maximum absolute atomic E-state index is 12.4. The molecular weight excluding hydrogens is 408 g/mol. The number of aromatic nitrogens is 1.